The number of hydrogen-bond acceptors (Lipinski definition) is 4. The second-order valence-corrected chi connectivity index (χ2v) is 3.62. The minimum Gasteiger partial charge on any atom is -0.346 e. The maximum atomic E-state index is 11.6. The molecule has 15 heavy (non-hydrogen) atoms. The van der Waals surface area contributed by atoms with Gasteiger partial charge in [0, 0.05) is 19.1 Å². The highest BCUT2D eigenvalue weighted by Crippen LogP contribution is 1.98. The molecule has 1 rings (SSSR count). The quantitative estimate of drug-likeness (QED) is 0.714. The van der Waals surface area contributed by atoms with E-state index in [0.717, 1.165) is 6.42 Å². The summed E-state index contributed by atoms with van der Waals surface area (Å²) in [5, 5.41) is 10.2. The molecule has 6 nitrogen and oxygen atoms in total. The van der Waals surface area contributed by atoms with Gasteiger partial charge in [-0.3, -0.25) is 9.48 Å². The first-order chi connectivity index (χ1) is 7.04. The standard InChI is InChI=1S/C9H17N5O/c1-4-7(6(2)10)11-9(15)8-5-14(3)13-12-8/h5-7H,4,10H2,1-3H3,(H,11,15). The zero-order chi connectivity index (χ0) is 11.4. The number of amides is 1. The fourth-order valence-electron chi connectivity index (χ4n) is 1.30. The highest BCUT2D eigenvalue weighted by Gasteiger charge is 2.17. The number of hydrogen-bond donors (Lipinski definition) is 2. The van der Waals surface area contributed by atoms with Crippen molar-refractivity contribution < 1.29 is 4.79 Å². The Morgan fingerprint density at radius 1 is 1.73 bits per heavy atom. The number of nitrogens with one attached hydrogen (secondary N) is 1. The van der Waals surface area contributed by atoms with Crippen molar-refractivity contribution in [3.8, 4) is 0 Å². The summed E-state index contributed by atoms with van der Waals surface area (Å²) in [5.74, 6) is -0.229. The summed E-state index contributed by atoms with van der Waals surface area (Å²) in [4.78, 5) is 11.6. The van der Waals surface area contributed by atoms with Gasteiger partial charge in [-0.25, -0.2) is 0 Å². The first kappa shape index (κ1) is 11.6. The van der Waals surface area contributed by atoms with Crippen molar-refractivity contribution in [2.45, 2.75) is 32.4 Å². The number of carbonyl (C=O) groups is 1. The molecule has 0 aliphatic heterocycles. The lowest BCUT2D eigenvalue weighted by atomic mass is 10.1. The molecule has 0 aliphatic carbocycles. The molecule has 0 aliphatic rings. The summed E-state index contributed by atoms with van der Waals surface area (Å²) < 4.78 is 1.49. The van der Waals surface area contributed by atoms with Gasteiger partial charge in [0.1, 0.15) is 0 Å². The molecule has 1 heterocycles. The molecule has 0 aromatic carbocycles. The Labute approximate surface area is 88.8 Å². The average Bonchev–Trinajstić information content (AvgIpc) is 2.60. The minimum absolute atomic E-state index is 0.0282. The zero-order valence-corrected chi connectivity index (χ0v) is 9.27. The van der Waals surface area contributed by atoms with Crippen LogP contribution >= 0.6 is 0 Å². The van der Waals surface area contributed by atoms with E-state index >= 15 is 0 Å². The van der Waals surface area contributed by atoms with E-state index < -0.39 is 0 Å². The van der Waals surface area contributed by atoms with Crippen molar-refractivity contribution in [3.05, 3.63) is 11.9 Å². The van der Waals surface area contributed by atoms with Gasteiger partial charge in [0.15, 0.2) is 5.69 Å². The molecule has 0 saturated heterocycles. The molecule has 1 amide bonds. The number of aromatic nitrogens is 3. The third-order valence-electron chi connectivity index (χ3n) is 2.23. The van der Waals surface area contributed by atoms with Crippen LogP contribution in [0.25, 0.3) is 0 Å². The Morgan fingerprint density at radius 3 is 2.80 bits per heavy atom. The van der Waals surface area contributed by atoms with Crippen LogP contribution < -0.4 is 11.1 Å². The van der Waals surface area contributed by atoms with Crippen LogP contribution in [0.4, 0.5) is 0 Å². The molecule has 3 N–H and O–H groups in total. The van der Waals surface area contributed by atoms with Crippen molar-refractivity contribution in [3.63, 3.8) is 0 Å². The van der Waals surface area contributed by atoms with Gasteiger partial charge in [-0.2, -0.15) is 0 Å². The first-order valence-electron chi connectivity index (χ1n) is 4.97. The number of nitrogens with zero attached hydrogens (tertiary/aromatic N) is 3. The monoisotopic (exact) mass is 211 g/mol. The second-order valence-electron chi connectivity index (χ2n) is 3.62. The summed E-state index contributed by atoms with van der Waals surface area (Å²) >= 11 is 0. The van der Waals surface area contributed by atoms with E-state index in [2.05, 4.69) is 15.6 Å². The Balaban J connectivity index is 2.62. The molecule has 6 heteroatoms. The van der Waals surface area contributed by atoms with Crippen LogP contribution in [0.3, 0.4) is 0 Å². The van der Waals surface area contributed by atoms with E-state index in [-0.39, 0.29) is 18.0 Å². The van der Waals surface area contributed by atoms with E-state index in [1.807, 2.05) is 13.8 Å². The fourth-order valence-corrected chi connectivity index (χ4v) is 1.30. The Bertz CT molecular complexity index is 333. The van der Waals surface area contributed by atoms with Crippen molar-refractivity contribution in [1.82, 2.24) is 20.3 Å². The predicted molar refractivity (Wildman–Crippen MR) is 56.2 cm³/mol. The largest absolute Gasteiger partial charge is 0.346 e. The van der Waals surface area contributed by atoms with Gasteiger partial charge in [0.05, 0.1) is 6.20 Å². The minimum atomic E-state index is -0.229. The van der Waals surface area contributed by atoms with E-state index in [0.29, 0.717) is 5.69 Å². The van der Waals surface area contributed by atoms with Crippen LogP contribution in [0, 0.1) is 0 Å². The van der Waals surface area contributed by atoms with Crippen LogP contribution in [-0.2, 0) is 7.05 Å². The third-order valence-corrected chi connectivity index (χ3v) is 2.23. The molecule has 0 radical (unpaired) electrons. The van der Waals surface area contributed by atoms with Gasteiger partial charge in [-0.05, 0) is 13.3 Å². The Morgan fingerprint density at radius 2 is 2.40 bits per heavy atom. The number of rotatable bonds is 4. The molecule has 0 spiro atoms. The summed E-state index contributed by atoms with van der Waals surface area (Å²) in [7, 11) is 1.71. The summed E-state index contributed by atoms with van der Waals surface area (Å²) in [6.45, 7) is 3.84. The summed E-state index contributed by atoms with van der Waals surface area (Å²) in [5.41, 5.74) is 6.04. The van der Waals surface area contributed by atoms with Gasteiger partial charge in [0.25, 0.3) is 5.91 Å². The number of carbonyl (C=O) groups excluding carboxylic acids is 1. The lowest BCUT2D eigenvalue weighted by Crippen LogP contribution is -2.45. The molecule has 84 valence electrons. The maximum absolute atomic E-state index is 11.6. The fraction of sp³-hybridized carbons (Fsp3) is 0.667. The topological polar surface area (TPSA) is 85.8 Å². The van der Waals surface area contributed by atoms with E-state index in [1.165, 1.54) is 4.68 Å². The number of aryl methyl sites for hydroxylation is 1. The van der Waals surface area contributed by atoms with E-state index in [1.54, 1.807) is 13.2 Å². The Kier molecular flexibility index (Phi) is 3.79. The SMILES string of the molecule is CCC(NC(=O)c1cn(C)nn1)C(C)N. The first-order valence-corrected chi connectivity index (χ1v) is 4.97. The molecule has 1 aromatic heterocycles. The summed E-state index contributed by atoms with van der Waals surface area (Å²) in [6.07, 6.45) is 2.37. The van der Waals surface area contributed by atoms with Gasteiger partial charge in [-0.15, -0.1) is 5.10 Å². The van der Waals surface area contributed by atoms with E-state index in [9.17, 15) is 4.79 Å². The molecule has 1 aromatic rings. The van der Waals surface area contributed by atoms with Crippen molar-refractivity contribution in [2.24, 2.45) is 12.8 Å². The van der Waals surface area contributed by atoms with Gasteiger partial charge in [0.2, 0.25) is 0 Å². The van der Waals surface area contributed by atoms with Crippen LogP contribution in [0.2, 0.25) is 0 Å². The third kappa shape index (κ3) is 3.02. The molecular formula is C9H17N5O. The lowest BCUT2D eigenvalue weighted by molar-refractivity contribution is 0.0925. The van der Waals surface area contributed by atoms with Crippen LogP contribution in [0.15, 0.2) is 6.20 Å². The summed E-state index contributed by atoms with van der Waals surface area (Å²) in [6, 6.07) is -0.102. The van der Waals surface area contributed by atoms with E-state index in [4.69, 9.17) is 5.73 Å². The van der Waals surface area contributed by atoms with Gasteiger partial charge < -0.3 is 11.1 Å². The molecule has 0 bridgehead atoms. The highest BCUT2D eigenvalue weighted by atomic mass is 16.2. The molecular weight excluding hydrogens is 194 g/mol. The van der Waals surface area contributed by atoms with Crippen LogP contribution in [0.5, 0.6) is 0 Å². The predicted octanol–water partition coefficient (Wildman–Crippen LogP) is -0.329. The smallest absolute Gasteiger partial charge is 0.273 e. The molecule has 0 fully saturated rings. The zero-order valence-electron chi connectivity index (χ0n) is 9.27. The Hall–Kier alpha value is -1.43. The highest BCUT2D eigenvalue weighted by molar-refractivity contribution is 5.92. The maximum Gasteiger partial charge on any atom is 0.273 e. The van der Waals surface area contributed by atoms with Crippen molar-refractivity contribution in [1.29, 1.82) is 0 Å². The lowest BCUT2D eigenvalue weighted by Gasteiger charge is -2.19. The molecule has 2 atom stereocenters. The second kappa shape index (κ2) is 4.88. The van der Waals surface area contributed by atoms with Crippen LogP contribution in [-0.4, -0.2) is 33.0 Å². The van der Waals surface area contributed by atoms with Crippen molar-refractivity contribution in [2.75, 3.05) is 0 Å². The molecule has 0 saturated carbocycles. The van der Waals surface area contributed by atoms with Gasteiger partial charge >= 0.3 is 0 Å². The number of nitrogens with two attached hydrogens (primary N) is 1. The van der Waals surface area contributed by atoms with Crippen LogP contribution in [0.1, 0.15) is 30.8 Å². The van der Waals surface area contributed by atoms with Gasteiger partial charge in [-0.1, -0.05) is 12.1 Å². The van der Waals surface area contributed by atoms with Crippen molar-refractivity contribution >= 4 is 5.91 Å². The molecule has 2 unspecified atom stereocenters. The average molecular weight is 211 g/mol. The normalized spacial score (nSPS) is 14.7.